The lowest BCUT2D eigenvalue weighted by atomic mass is 10.2. The van der Waals surface area contributed by atoms with E-state index in [0.717, 1.165) is 5.56 Å². The van der Waals surface area contributed by atoms with E-state index in [4.69, 9.17) is 0 Å². The van der Waals surface area contributed by atoms with Crippen LogP contribution in [0.25, 0.3) is 0 Å². The Morgan fingerprint density at radius 1 is 1.12 bits per heavy atom. The molecule has 0 aliphatic rings. The Morgan fingerprint density at radius 3 is 2.50 bits per heavy atom. The number of hydrogen-bond acceptors (Lipinski definition) is 3. The largest absolute Gasteiger partial charge is 0.270 e. The average Bonchev–Trinajstić information content (AvgIpc) is 2.70. The normalized spacial score (nSPS) is 11.3. The maximum absolute atomic E-state index is 12.0. The third-order valence-corrected chi connectivity index (χ3v) is 4.58. The Kier molecular flexibility index (Phi) is 2.98. The van der Waals surface area contributed by atoms with Crippen molar-refractivity contribution < 1.29 is 8.42 Å². The standard InChI is InChI=1S/C11H11NO2S2/c1-9-5-2-3-6-10(9)16(13,14)12-11-7-4-8-15-11/h2-8,12H,1H3. The predicted molar refractivity (Wildman–Crippen MR) is 66.3 cm³/mol. The van der Waals surface area contributed by atoms with Crippen LogP contribution in [-0.4, -0.2) is 8.42 Å². The Labute approximate surface area is 98.8 Å². The molecule has 1 heterocycles. The van der Waals surface area contributed by atoms with Crippen molar-refractivity contribution in [3.8, 4) is 0 Å². The number of hydrogen-bond donors (Lipinski definition) is 1. The first-order chi connectivity index (χ1) is 7.59. The molecule has 0 spiro atoms. The number of nitrogens with one attached hydrogen (secondary N) is 1. The van der Waals surface area contributed by atoms with Crippen molar-refractivity contribution in [3.63, 3.8) is 0 Å². The molecule has 84 valence electrons. The number of aryl methyl sites for hydroxylation is 1. The van der Waals surface area contributed by atoms with Crippen molar-refractivity contribution in [2.75, 3.05) is 4.72 Å². The molecule has 0 radical (unpaired) electrons. The van der Waals surface area contributed by atoms with E-state index >= 15 is 0 Å². The maximum atomic E-state index is 12.0. The van der Waals surface area contributed by atoms with Crippen LogP contribution in [0.5, 0.6) is 0 Å². The molecule has 0 saturated heterocycles. The molecule has 0 aliphatic carbocycles. The summed E-state index contributed by atoms with van der Waals surface area (Å²) in [6.45, 7) is 1.78. The average molecular weight is 253 g/mol. The lowest BCUT2D eigenvalue weighted by Gasteiger charge is -2.07. The van der Waals surface area contributed by atoms with Crippen molar-refractivity contribution in [2.24, 2.45) is 0 Å². The van der Waals surface area contributed by atoms with Crippen LogP contribution in [-0.2, 0) is 10.0 Å². The van der Waals surface area contributed by atoms with Crippen molar-refractivity contribution in [2.45, 2.75) is 11.8 Å². The second-order valence-corrected chi connectivity index (χ2v) is 5.95. The lowest BCUT2D eigenvalue weighted by molar-refractivity contribution is 0.601. The van der Waals surface area contributed by atoms with Gasteiger partial charge in [-0.15, -0.1) is 11.3 Å². The van der Waals surface area contributed by atoms with Gasteiger partial charge >= 0.3 is 0 Å². The first kappa shape index (κ1) is 11.2. The third kappa shape index (κ3) is 2.25. The van der Waals surface area contributed by atoms with Gasteiger partial charge in [0.2, 0.25) is 0 Å². The summed E-state index contributed by atoms with van der Waals surface area (Å²) in [5, 5.41) is 2.46. The van der Waals surface area contributed by atoms with E-state index in [-0.39, 0.29) is 0 Å². The van der Waals surface area contributed by atoms with Gasteiger partial charge in [0.25, 0.3) is 10.0 Å². The van der Waals surface area contributed by atoms with Gasteiger partial charge in [-0.25, -0.2) is 8.42 Å². The molecule has 1 N–H and O–H groups in total. The van der Waals surface area contributed by atoms with Crippen LogP contribution >= 0.6 is 11.3 Å². The summed E-state index contributed by atoms with van der Waals surface area (Å²) in [6.07, 6.45) is 0. The summed E-state index contributed by atoms with van der Waals surface area (Å²) in [5.41, 5.74) is 0.742. The number of thiophene rings is 1. The van der Waals surface area contributed by atoms with E-state index in [1.807, 2.05) is 11.4 Å². The minimum absolute atomic E-state index is 0.323. The van der Waals surface area contributed by atoms with Gasteiger partial charge in [0.05, 0.1) is 4.90 Å². The summed E-state index contributed by atoms with van der Waals surface area (Å²) >= 11 is 1.36. The van der Waals surface area contributed by atoms with E-state index in [0.29, 0.717) is 9.90 Å². The van der Waals surface area contributed by atoms with Crippen molar-refractivity contribution in [1.29, 1.82) is 0 Å². The van der Waals surface area contributed by atoms with Gasteiger partial charge in [-0.3, -0.25) is 4.72 Å². The maximum Gasteiger partial charge on any atom is 0.262 e. The van der Waals surface area contributed by atoms with Crippen molar-refractivity contribution >= 4 is 26.4 Å². The molecule has 0 amide bonds. The van der Waals surface area contributed by atoms with Crippen LogP contribution in [0.15, 0.2) is 46.7 Å². The smallest absolute Gasteiger partial charge is 0.262 e. The van der Waals surface area contributed by atoms with E-state index in [2.05, 4.69) is 4.72 Å². The molecule has 0 atom stereocenters. The number of rotatable bonds is 3. The highest BCUT2D eigenvalue weighted by molar-refractivity contribution is 7.93. The van der Waals surface area contributed by atoms with Gasteiger partial charge in [0.15, 0.2) is 0 Å². The molecular weight excluding hydrogens is 242 g/mol. The molecule has 0 aliphatic heterocycles. The van der Waals surface area contributed by atoms with Gasteiger partial charge in [-0.05, 0) is 36.1 Å². The zero-order valence-electron chi connectivity index (χ0n) is 8.67. The van der Waals surface area contributed by atoms with Crippen LogP contribution in [0.1, 0.15) is 5.56 Å². The highest BCUT2D eigenvalue weighted by atomic mass is 32.2. The van der Waals surface area contributed by atoms with Gasteiger partial charge < -0.3 is 0 Å². The molecule has 16 heavy (non-hydrogen) atoms. The first-order valence-corrected chi connectivity index (χ1v) is 7.08. The Morgan fingerprint density at radius 2 is 1.88 bits per heavy atom. The Bertz CT molecular complexity index is 574. The SMILES string of the molecule is Cc1ccccc1S(=O)(=O)Nc1cccs1. The fraction of sp³-hybridized carbons (Fsp3) is 0.0909. The molecule has 0 bridgehead atoms. The minimum atomic E-state index is -3.45. The number of benzene rings is 1. The van der Waals surface area contributed by atoms with Gasteiger partial charge in [-0.2, -0.15) is 0 Å². The van der Waals surface area contributed by atoms with Crippen LogP contribution in [0.2, 0.25) is 0 Å². The molecule has 0 fully saturated rings. The fourth-order valence-corrected chi connectivity index (χ4v) is 3.56. The molecule has 0 saturated carbocycles. The lowest BCUT2D eigenvalue weighted by Crippen LogP contribution is -2.13. The first-order valence-electron chi connectivity index (χ1n) is 4.71. The molecule has 5 heteroatoms. The number of anilines is 1. The highest BCUT2D eigenvalue weighted by Crippen LogP contribution is 2.22. The minimum Gasteiger partial charge on any atom is -0.270 e. The Hall–Kier alpha value is -1.33. The zero-order valence-corrected chi connectivity index (χ0v) is 10.3. The van der Waals surface area contributed by atoms with Gasteiger partial charge in [0, 0.05) is 0 Å². The quantitative estimate of drug-likeness (QED) is 0.914. The molecule has 3 nitrogen and oxygen atoms in total. The molecule has 2 rings (SSSR count). The summed E-state index contributed by atoms with van der Waals surface area (Å²) in [7, 11) is -3.45. The Balaban J connectivity index is 2.37. The molecular formula is C11H11NO2S2. The highest BCUT2D eigenvalue weighted by Gasteiger charge is 2.16. The predicted octanol–water partition coefficient (Wildman–Crippen LogP) is 2.86. The van der Waals surface area contributed by atoms with Crippen LogP contribution in [0, 0.1) is 6.92 Å². The van der Waals surface area contributed by atoms with E-state index in [1.54, 1.807) is 37.3 Å². The third-order valence-electron chi connectivity index (χ3n) is 2.14. The number of sulfonamides is 1. The van der Waals surface area contributed by atoms with E-state index in [9.17, 15) is 8.42 Å². The second-order valence-electron chi connectivity index (χ2n) is 3.35. The summed E-state index contributed by atoms with van der Waals surface area (Å²) in [6, 6.07) is 10.5. The molecule has 1 aromatic carbocycles. The van der Waals surface area contributed by atoms with Crippen molar-refractivity contribution in [3.05, 3.63) is 47.3 Å². The van der Waals surface area contributed by atoms with Crippen molar-refractivity contribution in [1.82, 2.24) is 0 Å². The summed E-state index contributed by atoms with van der Waals surface area (Å²) in [4.78, 5) is 0.323. The molecule has 0 unspecified atom stereocenters. The van der Waals surface area contributed by atoms with Crippen LogP contribution in [0.3, 0.4) is 0 Å². The van der Waals surface area contributed by atoms with Gasteiger partial charge in [0.1, 0.15) is 5.00 Å². The van der Waals surface area contributed by atoms with E-state index in [1.165, 1.54) is 11.3 Å². The second kappa shape index (κ2) is 4.27. The van der Waals surface area contributed by atoms with Gasteiger partial charge in [-0.1, -0.05) is 18.2 Å². The van der Waals surface area contributed by atoms with Crippen LogP contribution in [0.4, 0.5) is 5.00 Å². The molecule has 1 aromatic heterocycles. The fourth-order valence-electron chi connectivity index (χ4n) is 1.38. The monoisotopic (exact) mass is 253 g/mol. The van der Waals surface area contributed by atoms with E-state index < -0.39 is 10.0 Å². The topological polar surface area (TPSA) is 46.2 Å². The van der Waals surface area contributed by atoms with Crippen LogP contribution < -0.4 is 4.72 Å². The summed E-state index contributed by atoms with van der Waals surface area (Å²) < 4.78 is 26.6. The summed E-state index contributed by atoms with van der Waals surface area (Å²) in [5.74, 6) is 0. The molecule has 2 aromatic rings. The zero-order chi connectivity index (χ0) is 11.6.